The molecule has 0 atom stereocenters. The van der Waals surface area contributed by atoms with Crippen molar-refractivity contribution in [3.05, 3.63) is 71.5 Å². The summed E-state index contributed by atoms with van der Waals surface area (Å²) in [7, 11) is 0. The summed E-state index contributed by atoms with van der Waals surface area (Å²) in [5.41, 5.74) is 2.06. The second kappa shape index (κ2) is 8.55. The van der Waals surface area contributed by atoms with Crippen LogP contribution >= 0.6 is 0 Å². The van der Waals surface area contributed by atoms with Gasteiger partial charge in [-0.05, 0) is 55.0 Å². The zero-order valence-electron chi connectivity index (χ0n) is 15.3. The largest absolute Gasteiger partial charge is 0.481 e. The van der Waals surface area contributed by atoms with Crippen molar-refractivity contribution >= 4 is 17.6 Å². The van der Waals surface area contributed by atoms with Gasteiger partial charge in [0.2, 0.25) is 0 Å². The molecule has 0 unspecified atom stereocenters. The van der Waals surface area contributed by atoms with Crippen molar-refractivity contribution in [1.82, 2.24) is 0 Å². The lowest BCUT2D eigenvalue weighted by molar-refractivity contribution is -0.136. The number of rotatable bonds is 7. The van der Waals surface area contributed by atoms with Crippen LogP contribution in [-0.4, -0.2) is 23.6 Å². The summed E-state index contributed by atoms with van der Waals surface area (Å²) >= 11 is 0. The Labute approximate surface area is 164 Å². The van der Waals surface area contributed by atoms with E-state index in [1.54, 1.807) is 49.4 Å². The van der Waals surface area contributed by atoms with E-state index in [9.17, 15) is 18.4 Å². The van der Waals surface area contributed by atoms with Crippen LogP contribution in [0.25, 0.3) is 11.3 Å². The summed E-state index contributed by atoms with van der Waals surface area (Å²) < 4.78 is 34.4. The fourth-order valence-corrected chi connectivity index (χ4v) is 2.73. The van der Waals surface area contributed by atoms with E-state index in [1.165, 1.54) is 12.1 Å². The van der Waals surface area contributed by atoms with Crippen LogP contribution in [0.15, 0.2) is 59.0 Å². The summed E-state index contributed by atoms with van der Waals surface area (Å²) in [6.07, 6.45) is -0.0977. The Hall–Kier alpha value is -3.68. The van der Waals surface area contributed by atoms with Crippen molar-refractivity contribution in [2.75, 3.05) is 5.32 Å². The SMILES string of the molecule is Cc1oc(-c2ccc(OC(F)F)cc2)cc1C(=O)Nc1ccc(CC(=O)O)cc1. The molecule has 150 valence electrons. The van der Waals surface area contributed by atoms with Gasteiger partial charge in [-0.1, -0.05) is 12.1 Å². The molecule has 0 aliphatic heterocycles. The average Bonchev–Trinajstić information content (AvgIpc) is 3.05. The topological polar surface area (TPSA) is 88.8 Å². The average molecular weight is 401 g/mol. The number of amides is 1. The van der Waals surface area contributed by atoms with E-state index in [4.69, 9.17) is 9.52 Å². The van der Waals surface area contributed by atoms with Crippen molar-refractivity contribution < 1.29 is 32.6 Å². The molecule has 0 fully saturated rings. The van der Waals surface area contributed by atoms with E-state index in [0.29, 0.717) is 33.9 Å². The number of hydrogen-bond acceptors (Lipinski definition) is 4. The maximum Gasteiger partial charge on any atom is 0.387 e. The number of carbonyl (C=O) groups is 2. The third-order valence-electron chi connectivity index (χ3n) is 4.09. The van der Waals surface area contributed by atoms with Crippen molar-refractivity contribution in [3.8, 4) is 17.1 Å². The maximum atomic E-state index is 12.5. The number of furan rings is 1. The number of carbonyl (C=O) groups excluding carboxylic acids is 1. The minimum Gasteiger partial charge on any atom is -0.481 e. The first kappa shape index (κ1) is 20.1. The molecule has 6 nitrogen and oxygen atoms in total. The van der Waals surface area contributed by atoms with Crippen molar-refractivity contribution in [3.63, 3.8) is 0 Å². The molecule has 2 aromatic carbocycles. The third-order valence-corrected chi connectivity index (χ3v) is 4.09. The summed E-state index contributed by atoms with van der Waals surface area (Å²) in [4.78, 5) is 23.3. The Morgan fingerprint density at radius 3 is 2.34 bits per heavy atom. The van der Waals surface area contributed by atoms with Crippen LogP contribution in [0.2, 0.25) is 0 Å². The number of anilines is 1. The second-order valence-corrected chi connectivity index (χ2v) is 6.20. The third kappa shape index (κ3) is 5.19. The molecule has 1 heterocycles. The standard InChI is InChI=1S/C21H17F2NO5/c1-12-17(20(27)24-15-6-2-13(3-7-15)10-19(25)26)11-18(28-12)14-4-8-16(9-5-14)29-21(22)23/h2-9,11,21H,10H2,1H3,(H,24,27)(H,25,26). The molecule has 3 aromatic rings. The van der Waals surface area contributed by atoms with E-state index in [2.05, 4.69) is 10.1 Å². The predicted molar refractivity (Wildman–Crippen MR) is 101 cm³/mol. The summed E-state index contributed by atoms with van der Waals surface area (Å²) in [6.45, 7) is -1.26. The lowest BCUT2D eigenvalue weighted by Gasteiger charge is -2.05. The van der Waals surface area contributed by atoms with E-state index in [-0.39, 0.29) is 18.1 Å². The van der Waals surface area contributed by atoms with Gasteiger partial charge < -0.3 is 19.6 Å². The van der Waals surface area contributed by atoms with Crippen LogP contribution in [0.3, 0.4) is 0 Å². The predicted octanol–water partition coefficient (Wildman–Crippen LogP) is 4.74. The van der Waals surface area contributed by atoms with Gasteiger partial charge in [0.1, 0.15) is 17.3 Å². The molecule has 0 saturated heterocycles. The van der Waals surface area contributed by atoms with Gasteiger partial charge in [0, 0.05) is 11.3 Å². The zero-order valence-corrected chi connectivity index (χ0v) is 15.3. The molecule has 1 aromatic heterocycles. The van der Waals surface area contributed by atoms with E-state index in [1.807, 2.05) is 0 Å². The quantitative estimate of drug-likeness (QED) is 0.597. The van der Waals surface area contributed by atoms with Crippen molar-refractivity contribution in [1.29, 1.82) is 0 Å². The van der Waals surface area contributed by atoms with Gasteiger partial charge in [-0.25, -0.2) is 0 Å². The molecule has 1 amide bonds. The number of aliphatic carboxylic acids is 1. The van der Waals surface area contributed by atoms with Gasteiger partial charge in [0.25, 0.3) is 5.91 Å². The van der Waals surface area contributed by atoms with Crippen LogP contribution in [0.5, 0.6) is 5.75 Å². The molecule has 29 heavy (non-hydrogen) atoms. The summed E-state index contributed by atoms with van der Waals surface area (Å²) in [5, 5.41) is 11.5. The van der Waals surface area contributed by atoms with E-state index >= 15 is 0 Å². The number of ether oxygens (including phenoxy) is 1. The number of carboxylic acid groups (broad SMARTS) is 1. The molecular formula is C21H17F2NO5. The molecule has 2 N–H and O–H groups in total. The summed E-state index contributed by atoms with van der Waals surface area (Å²) in [5.74, 6) is -0.490. The van der Waals surface area contributed by atoms with Gasteiger partial charge in [-0.3, -0.25) is 9.59 Å². The molecule has 0 spiro atoms. The first-order valence-corrected chi connectivity index (χ1v) is 8.59. The van der Waals surface area contributed by atoms with E-state index in [0.717, 1.165) is 0 Å². The molecular weight excluding hydrogens is 384 g/mol. The van der Waals surface area contributed by atoms with Crippen LogP contribution in [-0.2, 0) is 11.2 Å². The minimum absolute atomic E-state index is 0.0244. The fraction of sp³-hybridized carbons (Fsp3) is 0.143. The van der Waals surface area contributed by atoms with Gasteiger partial charge >= 0.3 is 12.6 Å². The van der Waals surface area contributed by atoms with Gasteiger partial charge in [-0.15, -0.1) is 0 Å². The molecule has 8 heteroatoms. The van der Waals surface area contributed by atoms with Crippen LogP contribution in [0.4, 0.5) is 14.5 Å². The zero-order chi connectivity index (χ0) is 21.0. The Morgan fingerprint density at radius 2 is 1.76 bits per heavy atom. The second-order valence-electron chi connectivity index (χ2n) is 6.20. The van der Waals surface area contributed by atoms with Gasteiger partial charge in [0.15, 0.2) is 0 Å². The number of alkyl halides is 2. The summed E-state index contributed by atoms with van der Waals surface area (Å²) in [6, 6.07) is 13.9. The van der Waals surface area contributed by atoms with Gasteiger partial charge in [0.05, 0.1) is 12.0 Å². The normalized spacial score (nSPS) is 10.8. The van der Waals surface area contributed by atoms with Crippen LogP contribution in [0, 0.1) is 6.92 Å². The maximum absolute atomic E-state index is 12.5. The molecule has 3 rings (SSSR count). The Kier molecular flexibility index (Phi) is 5.92. The molecule has 0 aliphatic rings. The van der Waals surface area contributed by atoms with Crippen LogP contribution in [0.1, 0.15) is 21.7 Å². The first-order valence-electron chi connectivity index (χ1n) is 8.59. The molecule has 0 radical (unpaired) electrons. The highest BCUT2D eigenvalue weighted by Crippen LogP contribution is 2.28. The molecule has 0 aliphatic carbocycles. The Bertz CT molecular complexity index is 1010. The van der Waals surface area contributed by atoms with Crippen molar-refractivity contribution in [2.24, 2.45) is 0 Å². The van der Waals surface area contributed by atoms with Crippen molar-refractivity contribution in [2.45, 2.75) is 20.0 Å². The Balaban J connectivity index is 1.72. The molecule has 0 bridgehead atoms. The first-order chi connectivity index (χ1) is 13.8. The number of halogens is 2. The van der Waals surface area contributed by atoms with E-state index < -0.39 is 12.6 Å². The minimum atomic E-state index is -2.90. The number of hydrogen-bond donors (Lipinski definition) is 2. The lowest BCUT2D eigenvalue weighted by atomic mass is 10.1. The smallest absolute Gasteiger partial charge is 0.387 e. The Morgan fingerprint density at radius 1 is 1.10 bits per heavy atom. The number of aryl methyl sites for hydroxylation is 1. The molecule has 0 saturated carbocycles. The highest BCUT2D eigenvalue weighted by Gasteiger charge is 2.16. The number of carboxylic acids is 1. The van der Waals surface area contributed by atoms with Crippen LogP contribution < -0.4 is 10.1 Å². The van der Waals surface area contributed by atoms with Gasteiger partial charge in [-0.2, -0.15) is 8.78 Å². The number of nitrogens with one attached hydrogen (secondary N) is 1. The monoisotopic (exact) mass is 401 g/mol. The lowest BCUT2D eigenvalue weighted by Crippen LogP contribution is -2.12. The fourth-order valence-electron chi connectivity index (χ4n) is 2.73. The highest BCUT2D eigenvalue weighted by atomic mass is 19.3. The number of benzene rings is 2. The highest BCUT2D eigenvalue weighted by molar-refractivity contribution is 6.05.